The zero-order valence-electron chi connectivity index (χ0n) is 13.3. The summed E-state index contributed by atoms with van der Waals surface area (Å²) in [5.41, 5.74) is 2.30. The molecule has 108 valence electrons. The van der Waals surface area contributed by atoms with E-state index in [1.54, 1.807) is 0 Å². The third-order valence-electron chi connectivity index (χ3n) is 4.03. The van der Waals surface area contributed by atoms with Gasteiger partial charge in [0.25, 0.3) is 8.32 Å². The van der Waals surface area contributed by atoms with Crippen molar-refractivity contribution in [3.63, 3.8) is 0 Å². The molecule has 2 rings (SSSR count). The minimum atomic E-state index is -1.82. The van der Waals surface area contributed by atoms with Gasteiger partial charge in [0.15, 0.2) is 0 Å². The van der Waals surface area contributed by atoms with E-state index in [1.807, 2.05) is 16.9 Å². The highest BCUT2D eigenvalue weighted by atomic mass is 28.4. The Morgan fingerprint density at radius 3 is 2.20 bits per heavy atom. The first-order valence-corrected chi connectivity index (χ1v) is 9.92. The molecule has 0 bridgehead atoms. The van der Waals surface area contributed by atoms with Gasteiger partial charge in [0.2, 0.25) is 5.88 Å². The summed E-state index contributed by atoms with van der Waals surface area (Å²) in [6.45, 7) is 13.2. The fraction of sp³-hybridized carbons (Fsp3) is 0.438. The molecule has 4 heteroatoms. The van der Waals surface area contributed by atoms with Gasteiger partial charge in [-0.15, -0.1) is 5.10 Å². The molecule has 0 aliphatic carbocycles. The summed E-state index contributed by atoms with van der Waals surface area (Å²) in [4.78, 5) is 0. The van der Waals surface area contributed by atoms with E-state index in [1.165, 1.54) is 5.56 Å². The van der Waals surface area contributed by atoms with Crippen molar-refractivity contribution in [3.8, 4) is 11.6 Å². The molecular formula is C16H24N2OSi. The molecule has 0 spiro atoms. The molecule has 0 atom stereocenters. The molecule has 1 heterocycles. The van der Waals surface area contributed by atoms with Crippen LogP contribution in [0.25, 0.3) is 5.69 Å². The lowest BCUT2D eigenvalue weighted by atomic mass is 10.2. The standard InChI is InChI=1S/C16H24N2OSi/c1-13-7-9-14(10-8-13)18-12-11-15(17-18)19-20(5,6)16(2,3)4/h7-12H,1-6H3. The molecule has 0 radical (unpaired) electrons. The fourth-order valence-electron chi connectivity index (χ4n) is 1.62. The molecule has 0 N–H and O–H groups in total. The first-order valence-electron chi connectivity index (χ1n) is 7.01. The van der Waals surface area contributed by atoms with Crippen LogP contribution < -0.4 is 4.43 Å². The lowest BCUT2D eigenvalue weighted by molar-refractivity contribution is 0.472. The predicted octanol–water partition coefficient (Wildman–Crippen LogP) is 4.56. The van der Waals surface area contributed by atoms with Crippen LogP contribution in [0.4, 0.5) is 0 Å². The maximum absolute atomic E-state index is 6.20. The van der Waals surface area contributed by atoms with E-state index in [2.05, 4.69) is 70.2 Å². The van der Waals surface area contributed by atoms with E-state index in [0.29, 0.717) is 0 Å². The number of benzene rings is 1. The predicted molar refractivity (Wildman–Crippen MR) is 86.1 cm³/mol. The average molecular weight is 288 g/mol. The van der Waals surface area contributed by atoms with Gasteiger partial charge in [-0.3, -0.25) is 0 Å². The van der Waals surface area contributed by atoms with Crippen LogP contribution in [0.5, 0.6) is 5.88 Å². The first kappa shape index (κ1) is 14.8. The van der Waals surface area contributed by atoms with Crippen LogP contribution in [-0.4, -0.2) is 18.1 Å². The zero-order chi connectivity index (χ0) is 15.0. The first-order chi connectivity index (χ1) is 9.19. The number of hydrogen-bond acceptors (Lipinski definition) is 2. The zero-order valence-corrected chi connectivity index (χ0v) is 14.3. The molecule has 0 amide bonds. The van der Waals surface area contributed by atoms with Crippen molar-refractivity contribution < 1.29 is 4.43 Å². The Morgan fingerprint density at radius 2 is 1.65 bits per heavy atom. The lowest BCUT2D eigenvalue weighted by Crippen LogP contribution is -2.44. The normalized spacial score (nSPS) is 12.5. The van der Waals surface area contributed by atoms with Gasteiger partial charge < -0.3 is 4.43 Å². The molecule has 0 unspecified atom stereocenters. The summed E-state index contributed by atoms with van der Waals surface area (Å²) >= 11 is 0. The number of nitrogens with zero attached hydrogens (tertiary/aromatic N) is 2. The van der Waals surface area contributed by atoms with E-state index in [9.17, 15) is 0 Å². The second-order valence-electron chi connectivity index (χ2n) is 6.80. The molecular weight excluding hydrogens is 264 g/mol. The third kappa shape index (κ3) is 3.12. The third-order valence-corrected chi connectivity index (χ3v) is 8.36. The average Bonchev–Trinajstić information content (AvgIpc) is 2.76. The van der Waals surface area contributed by atoms with Crippen LogP contribution >= 0.6 is 0 Å². The Balaban J connectivity index is 2.20. The van der Waals surface area contributed by atoms with Gasteiger partial charge in [-0.25, -0.2) is 4.68 Å². The highest BCUT2D eigenvalue weighted by Crippen LogP contribution is 2.36. The van der Waals surface area contributed by atoms with Gasteiger partial charge in [-0.2, -0.15) is 0 Å². The maximum atomic E-state index is 6.20. The second kappa shape index (κ2) is 5.09. The topological polar surface area (TPSA) is 27.1 Å². The van der Waals surface area contributed by atoms with E-state index >= 15 is 0 Å². The second-order valence-corrected chi connectivity index (χ2v) is 11.5. The van der Waals surface area contributed by atoms with Gasteiger partial charge in [0.05, 0.1) is 5.69 Å². The van der Waals surface area contributed by atoms with Gasteiger partial charge in [-0.1, -0.05) is 38.5 Å². The molecule has 3 nitrogen and oxygen atoms in total. The molecule has 1 aromatic carbocycles. The molecule has 1 aromatic heterocycles. The summed E-state index contributed by atoms with van der Waals surface area (Å²) in [6.07, 6.45) is 1.95. The highest BCUT2D eigenvalue weighted by molar-refractivity contribution is 6.74. The van der Waals surface area contributed by atoms with Gasteiger partial charge in [0, 0.05) is 12.3 Å². The molecule has 0 saturated carbocycles. The molecule has 2 aromatic rings. The van der Waals surface area contributed by atoms with Crippen LogP contribution in [0, 0.1) is 6.92 Å². The van der Waals surface area contributed by atoms with Crippen LogP contribution in [0.2, 0.25) is 18.1 Å². The van der Waals surface area contributed by atoms with Crippen molar-refractivity contribution in [2.24, 2.45) is 0 Å². The summed E-state index contributed by atoms with van der Waals surface area (Å²) in [7, 11) is -1.82. The Kier molecular flexibility index (Phi) is 3.78. The largest absolute Gasteiger partial charge is 0.530 e. The van der Waals surface area contributed by atoms with E-state index < -0.39 is 8.32 Å². The molecule has 0 aliphatic heterocycles. The number of aryl methyl sites for hydroxylation is 1. The molecule has 0 saturated heterocycles. The minimum absolute atomic E-state index is 0.181. The summed E-state index contributed by atoms with van der Waals surface area (Å²) in [6, 6.07) is 10.3. The Labute approximate surface area is 122 Å². The summed E-state index contributed by atoms with van der Waals surface area (Å²) < 4.78 is 8.06. The van der Waals surface area contributed by atoms with Crippen LogP contribution in [0.1, 0.15) is 26.3 Å². The van der Waals surface area contributed by atoms with Crippen molar-refractivity contribution in [2.45, 2.75) is 45.8 Å². The number of rotatable bonds is 3. The van der Waals surface area contributed by atoms with Crippen molar-refractivity contribution in [1.29, 1.82) is 0 Å². The van der Waals surface area contributed by atoms with E-state index in [4.69, 9.17) is 4.43 Å². The monoisotopic (exact) mass is 288 g/mol. The van der Waals surface area contributed by atoms with Crippen LogP contribution in [-0.2, 0) is 0 Å². The van der Waals surface area contributed by atoms with Gasteiger partial charge in [-0.05, 0) is 37.2 Å². The molecule has 20 heavy (non-hydrogen) atoms. The van der Waals surface area contributed by atoms with Crippen molar-refractivity contribution in [2.75, 3.05) is 0 Å². The minimum Gasteiger partial charge on any atom is -0.530 e. The Morgan fingerprint density at radius 1 is 1.05 bits per heavy atom. The molecule has 0 aliphatic rings. The molecule has 0 fully saturated rings. The number of aromatic nitrogens is 2. The van der Waals surface area contributed by atoms with E-state index in [0.717, 1.165) is 11.6 Å². The maximum Gasteiger partial charge on any atom is 0.252 e. The van der Waals surface area contributed by atoms with Crippen molar-refractivity contribution in [3.05, 3.63) is 42.1 Å². The van der Waals surface area contributed by atoms with Crippen LogP contribution in [0.3, 0.4) is 0 Å². The lowest BCUT2D eigenvalue weighted by Gasteiger charge is -2.35. The Hall–Kier alpha value is -1.55. The highest BCUT2D eigenvalue weighted by Gasteiger charge is 2.39. The van der Waals surface area contributed by atoms with Gasteiger partial charge >= 0.3 is 0 Å². The van der Waals surface area contributed by atoms with Crippen molar-refractivity contribution >= 4 is 8.32 Å². The quantitative estimate of drug-likeness (QED) is 0.774. The van der Waals surface area contributed by atoms with Crippen molar-refractivity contribution in [1.82, 2.24) is 9.78 Å². The van der Waals surface area contributed by atoms with Gasteiger partial charge in [0.1, 0.15) is 0 Å². The SMILES string of the molecule is Cc1ccc(-n2ccc(O[Si](C)(C)C(C)(C)C)n2)cc1. The number of hydrogen-bond donors (Lipinski definition) is 0. The van der Waals surface area contributed by atoms with E-state index in [-0.39, 0.29) is 5.04 Å². The summed E-state index contributed by atoms with van der Waals surface area (Å²) in [5.74, 6) is 0.720. The van der Waals surface area contributed by atoms with Crippen LogP contribution in [0.15, 0.2) is 36.5 Å². The fourth-order valence-corrected chi connectivity index (χ4v) is 2.56. The smallest absolute Gasteiger partial charge is 0.252 e. The summed E-state index contributed by atoms with van der Waals surface area (Å²) in [5, 5.41) is 4.72. The Bertz CT molecular complexity index is 579.